The first kappa shape index (κ1) is 12.0. The third-order valence-electron chi connectivity index (χ3n) is 2.28. The van der Waals surface area contributed by atoms with E-state index >= 15 is 0 Å². The van der Waals surface area contributed by atoms with E-state index in [2.05, 4.69) is 5.32 Å². The lowest BCUT2D eigenvalue weighted by Gasteiger charge is -2.35. The Morgan fingerprint density at radius 3 is 2.17 bits per heavy atom. The molecule has 1 nitrogen and oxygen atoms in total. The first-order valence-electron chi connectivity index (χ1n) is 3.73. The number of hydrogen-bond acceptors (Lipinski definition) is 1. The Morgan fingerprint density at radius 1 is 1.33 bits per heavy atom. The number of piperidine rings is 1. The van der Waals surface area contributed by atoms with Crippen molar-refractivity contribution in [2.24, 2.45) is 5.41 Å². The molecule has 1 fully saturated rings. The van der Waals surface area contributed by atoms with Gasteiger partial charge in [-0.1, -0.05) is 0 Å². The van der Waals surface area contributed by atoms with Gasteiger partial charge in [0.25, 0.3) is 0 Å². The van der Waals surface area contributed by atoms with Crippen molar-refractivity contribution in [3.63, 3.8) is 0 Å². The van der Waals surface area contributed by atoms with E-state index < -0.39 is 11.6 Å². The van der Waals surface area contributed by atoms with Crippen LogP contribution in [-0.2, 0) is 0 Å². The highest BCUT2D eigenvalue weighted by Crippen LogP contribution is 2.42. The minimum Gasteiger partial charge on any atom is -0.316 e. The van der Waals surface area contributed by atoms with Gasteiger partial charge in [0.2, 0.25) is 0 Å². The Morgan fingerprint density at radius 2 is 1.92 bits per heavy atom. The van der Waals surface area contributed by atoms with Crippen molar-refractivity contribution in [3.8, 4) is 0 Å². The molecular formula is C7H13ClF3N. The average Bonchev–Trinajstić information content (AvgIpc) is 1.87. The van der Waals surface area contributed by atoms with Crippen LogP contribution in [0.25, 0.3) is 0 Å². The summed E-state index contributed by atoms with van der Waals surface area (Å²) < 4.78 is 36.9. The first-order valence-corrected chi connectivity index (χ1v) is 3.73. The summed E-state index contributed by atoms with van der Waals surface area (Å²) in [5.74, 6) is 0. The fourth-order valence-corrected chi connectivity index (χ4v) is 1.30. The molecule has 1 rings (SSSR count). The Hall–Kier alpha value is 0.0400. The lowest BCUT2D eigenvalue weighted by atomic mass is 9.82. The van der Waals surface area contributed by atoms with Gasteiger partial charge in [-0.25, -0.2) is 0 Å². The summed E-state index contributed by atoms with van der Waals surface area (Å²) >= 11 is 0. The second-order valence-corrected chi connectivity index (χ2v) is 3.34. The molecule has 0 bridgehead atoms. The van der Waals surface area contributed by atoms with E-state index in [0.29, 0.717) is 13.0 Å². The lowest BCUT2D eigenvalue weighted by Crippen LogP contribution is -2.47. The summed E-state index contributed by atoms with van der Waals surface area (Å²) in [6, 6.07) is 0. The van der Waals surface area contributed by atoms with Gasteiger partial charge in [-0.3, -0.25) is 0 Å². The van der Waals surface area contributed by atoms with Gasteiger partial charge in [-0.2, -0.15) is 13.2 Å². The van der Waals surface area contributed by atoms with Crippen LogP contribution in [0.5, 0.6) is 0 Å². The maximum absolute atomic E-state index is 12.3. The van der Waals surface area contributed by atoms with Gasteiger partial charge < -0.3 is 5.32 Å². The number of rotatable bonds is 0. The van der Waals surface area contributed by atoms with Crippen LogP contribution in [0, 0.1) is 5.41 Å². The maximum atomic E-state index is 12.3. The Balaban J connectivity index is 0.00000121. The molecule has 1 unspecified atom stereocenters. The average molecular weight is 204 g/mol. The Bertz CT molecular complexity index is 140. The molecule has 74 valence electrons. The number of nitrogens with one attached hydrogen (secondary N) is 1. The predicted molar refractivity (Wildman–Crippen MR) is 43.5 cm³/mol. The van der Waals surface area contributed by atoms with E-state index in [1.807, 2.05) is 0 Å². The standard InChI is InChI=1S/C7H12F3N.ClH/c1-6(7(8,9)10)3-2-4-11-5-6;/h11H,2-5H2,1H3;1H. The van der Waals surface area contributed by atoms with Gasteiger partial charge in [-0.15, -0.1) is 12.4 Å². The zero-order valence-electron chi connectivity index (χ0n) is 6.87. The Labute approximate surface area is 76.1 Å². The fraction of sp³-hybridized carbons (Fsp3) is 1.00. The van der Waals surface area contributed by atoms with Crippen LogP contribution in [0.3, 0.4) is 0 Å². The van der Waals surface area contributed by atoms with Crippen molar-refractivity contribution < 1.29 is 13.2 Å². The van der Waals surface area contributed by atoms with Gasteiger partial charge in [0.1, 0.15) is 0 Å². The van der Waals surface area contributed by atoms with Gasteiger partial charge in [-0.05, 0) is 26.3 Å². The fourth-order valence-electron chi connectivity index (χ4n) is 1.30. The summed E-state index contributed by atoms with van der Waals surface area (Å²) in [5.41, 5.74) is -1.49. The zero-order valence-corrected chi connectivity index (χ0v) is 7.69. The van der Waals surface area contributed by atoms with Gasteiger partial charge in [0, 0.05) is 6.54 Å². The molecule has 1 aliphatic rings. The minimum absolute atomic E-state index is 0. The molecule has 1 atom stereocenters. The quantitative estimate of drug-likeness (QED) is 0.638. The molecule has 1 N–H and O–H groups in total. The summed E-state index contributed by atoms with van der Waals surface area (Å²) in [6.45, 7) is 2.06. The van der Waals surface area contributed by atoms with Crippen LogP contribution in [-0.4, -0.2) is 19.3 Å². The second-order valence-electron chi connectivity index (χ2n) is 3.34. The van der Waals surface area contributed by atoms with Crippen molar-refractivity contribution in [2.75, 3.05) is 13.1 Å². The molecule has 1 heterocycles. The highest BCUT2D eigenvalue weighted by atomic mass is 35.5. The van der Waals surface area contributed by atoms with Crippen LogP contribution in [0.15, 0.2) is 0 Å². The van der Waals surface area contributed by atoms with E-state index in [1.165, 1.54) is 6.92 Å². The van der Waals surface area contributed by atoms with E-state index in [4.69, 9.17) is 0 Å². The molecule has 0 aliphatic carbocycles. The highest BCUT2D eigenvalue weighted by molar-refractivity contribution is 5.85. The Kier molecular flexibility index (Phi) is 3.85. The largest absolute Gasteiger partial charge is 0.395 e. The lowest BCUT2D eigenvalue weighted by molar-refractivity contribution is -0.222. The van der Waals surface area contributed by atoms with Crippen LogP contribution >= 0.6 is 12.4 Å². The molecular weight excluding hydrogens is 191 g/mol. The molecule has 1 aliphatic heterocycles. The van der Waals surface area contributed by atoms with E-state index in [0.717, 1.165) is 0 Å². The van der Waals surface area contributed by atoms with Crippen LogP contribution < -0.4 is 5.32 Å². The van der Waals surface area contributed by atoms with Crippen LogP contribution in [0.2, 0.25) is 0 Å². The summed E-state index contributed by atoms with van der Waals surface area (Å²) in [7, 11) is 0. The first-order chi connectivity index (χ1) is 4.96. The van der Waals surface area contributed by atoms with Gasteiger partial charge in [0.05, 0.1) is 5.41 Å². The molecule has 0 amide bonds. The van der Waals surface area contributed by atoms with Gasteiger partial charge >= 0.3 is 6.18 Å². The number of hydrogen-bond donors (Lipinski definition) is 1. The number of halogens is 4. The molecule has 0 aromatic rings. The van der Waals surface area contributed by atoms with Crippen LogP contribution in [0.1, 0.15) is 19.8 Å². The van der Waals surface area contributed by atoms with E-state index in [1.54, 1.807) is 0 Å². The third-order valence-corrected chi connectivity index (χ3v) is 2.28. The normalized spacial score (nSPS) is 31.0. The summed E-state index contributed by atoms with van der Waals surface area (Å²) in [5, 5.41) is 2.76. The van der Waals surface area contributed by atoms with E-state index in [9.17, 15) is 13.2 Å². The SMILES string of the molecule is CC1(C(F)(F)F)CCCNC1.Cl. The highest BCUT2D eigenvalue weighted by Gasteiger charge is 2.50. The zero-order chi connectivity index (χ0) is 8.54. The topological polar surface area (TPSA) is 12.0 Å². The van der Waals surface area contributed by atoms with Crippen molar-refractivity contribution >= 4 is 12.4 Å². The minimum atomic E-state index is -4.06. The molecule has 5 heteroatoms. The molecule has 12 heavy (non-hydrogen) atoms. The van der Waals surface area contributed by atoms with E-state index in [-0.39, 0.29) is 25.4 Å². The molecule has 0 saturated carbocycles. The summed E-state index contributed by atoms with van der Waals surface area (Å²) in [6.07, 6.45) is -3.18. The van der Waals surface area contributed by atoms with Crippen molar-refractivity contribution in [3.05, 3.63) is 0 Å². The molecule has 0 aromatic heterocycles. The monoisotopic (exact) mass is 203 g/mol. The maximum Gasteiger partial charge on any atom is 0.395 e. The molecule has 0 aromatic carbocycles. The molecule has 0 radical (unpaired) electrons. The van der Waals surface area contributed by atoms with Crippen molar-refractivity contribution in [1.82, 2.24) is 5.32 Å². The van der Waals surface area contributed by atoms with Crippen LogP contribution in [0.4, 0.5) is 13.2 Å². The van der Waals surface area contributed by atoms with Crippen molar-refractivity contribution in [1.29, 1.82) is 0 Å². The molecule has 1 saturated heterocycles. The van der Waals surface area contributed by atoms with Gasteiger partial charge in [0.15, 0.2) is 0 Å². The van der Waals surface area contributed by atoms with Crippen molar-refractivity contribution in [2.45, 2.75) is 25.9 Å². The summed E-state index contributed by atoms with van der Waals surface area (Å²) in [4.78, 5) is 0. The smallest absolute Gasteiger partial charge is 0.316 e. The molecule has 0 spiro atoms. The predicted octanol–water partition coefficient (Wildman–Crippen LogP) is 2.36. The second kappa shape index (κ2) is 3.83. The number of alkyl halides is 3. The third kappa shape index (κ3) is 2.26.